The number of hydrogen-bond acceptors (Lipinski definition) is 7. The van der Waals surface area contributed by atoms with Gasteiger partial charge in [0.2, 0.25) is 0 Å². The van der Waals surface area contributed by atoms with Crippen molar-refractivity contribution in [3.63, 3.8) is 0 Å². The van der Waals surface area contributed by atoms with Crippen LogP contribution < -0.4 is 14.8 Å². The van der Waals surface area contributed by atoms with Crippen molar-refractivity contribution in [2.45, 2.75) is 13.8 Å². The first-order valence-corrected chi connectivity index (χ1v) is 8.66. The van der Waals surface area contributed by atoms with Crippen molar-refractivity contribution < 1.29 is 19.0 Å². The lowest BCUT2D eigenvalue weighted by Gasteiger charge is -2.15. The molecule has 0 aliphatic heterocycles. The fourth-order valence-corrected chi connectivity index (χ4v) is 2.62. The smallest absolute Gasteiger partial charge is 0.341 e. The number of carbonyl (C=O) groups is 1. The summed E-state index contributed by atoms with van der Waals surface area (Å²) in [6, 6.07) is 9.20. The Balaban J connectivity index is 2.11. The van der Waals surface area contributed by atoms with Gasteiger partial charge in [0.15, 0.2) is 5.65 Å². The lowest BCUT2D eigenvalue weighted by Crippen LogP contribution is -2.09. The Kier molecular flexibility index (Phi) is 5.71. The van der Waals surface area contributed by atoms with E-state index in [1.54, 1.807) is 20.2 Å². The van der Waals surface area contributed by atoms with Crippen LogP contribution in [0.5, 0.6) is 11.5 Å². The van der Waals surface area contributed by atoms with E-state index >= 15 is 0 Å². The molecule has 1 N–H and O–H groups in total. The summed E-state index contributed by atoms with van der Waals surface area (Å²) < 4.78 is 15.9. The van der Waals surface area contributed by atoms with Crippen LogP contribution in [-0.4, -0.2) is 36.3 Å². The van der Waals surface area contributed by atoms with Crippen molar-refractivity contribution in [3.8, 4) is 11.5 Å². The molecule has 0 saturated carbocycles. The van der Waals surface area contributed by atoms with Crippen LogP contribution in [0, 0.1) is 0 Å². The van der Waals surface area contributed by atoms with Crippen LogP contribution in [0.15, 0.2) is 42.7 Å². The van der Waals surface area contributed by atoms with Crippen LogP contribution in [0.25, 0.3) is 11.0 Å². The molecule has 0 atom stereocenters. The molecule has 0 bridgehead atoms. The standard InChI is InChI=1S/C20H21N3O4/c1-4-26-15-10-16-18(23-13-6-8-14(25-3)9-7-13)17(20(24)27-5-2)12-22-19(16)21-11-15/h6-12H,4-5H2,1-3H3,(H,21,22,23). The summed E-state index contributed by atoms with van der Waals surface area (Å²) in [5, 5.41) is 3.95. The number of fused-ring (bicyclic) bond motifs is 1. The first kappa shape index (κ1) is 18.4. The first-order chi connectivity index (χ1) is 13.2. The molecule has 3 aromatic rings. The molecule has 140 valence electrons. The Morgan fingerprint density at radius 3 is 2.44 bits per heavy atom. The third kappa shape index (κ3) is 4.08. The van der Waals surface area contributed by atoms with Crippen LogP contribution in [0.3, 0.4) is 0 Å². The van der Waals surface area contributed by atoms with Gasteiger partial charge in [-0.1, -0.05) is 0 Å². The highest BCUT2D eigenvalue weighted by molar-refractivity contribution is 6.05. The van der Waals surface area contributed by atoms with E-state index in [9.17, 15) is 4.79 Å². The molecule has 27 heavy (non-hydrogen) atoms. The van der Waals surface area contributed by atoms with Crippen molar-refractivity contribution in [3.05, 3.63) is 48.3 Å². The molecule has 2 heterocycles. The van der Waals surface area contributed by atoms with Crippen molar-refractivity contribution in [1.29, 1.82) is 0 Å². The van der Waals surface area contributed by atoms with Crippen molar-refractivity contribution >= 4 is 28.4 Å². The van der Waals surface area contributed by atoms with Crippen molar-refractivity contribution in [2.75, 3.05) is 25.6 Å². The highest BCUT2D eigenvalue weighted by Crippen LogP contribution is 2.31. The molecule has 0 amide bonds. The monoisotopic (exact) mass is 367 g/mol. The number of anilines is 2. The van der Waals surface area contributed by atoms with Gasteiger partial charge in [-0.2, -0.15) is 0 Å². The highest BCUT2D eigenvalue weighted by Gasteiger charge is 2.18. The number of pyridine rings is 2. The summed E-state index contributed by atoms with van der Waals surface area (Å²) in [5.41, 5.74) is 2.19. The Hall–Kier alpha value is -3.35. The maximum Gasteiger partial charge on any atom is 0.341 e. The Morgan fingerprint density at radius 2 is 1.78 bits per heavy atom. The van der Waals surface area contributed by atoms with E-state index in [0.717, 1.165) is 11.4 Å². The number of rotatable bonds is 7. The molecule has 1 aromatic carbocycles. The highest BCUT2D eigenvalue weighted by atomic mass is 16.5. The fourth-order valence-electron chi connectivity index (χ4n) is 2.62. The molecular formula is C20H21N3O4. The van der Waals surface area contributed by atoms with Crippen LogP contribution in [-0.2, 0) is 4.74 Å². The second-order valence-corrected chi connectivity index (χ2v) is 5.60. The molecule has 0 unspecified atom stereocenters. The van der Waals surface area contributed by atoms with E-state index in [1.165, 1.54) is 6.20 Å². The lowest BCUT2D eigenvalue weighted by molar-refractivity contribution is 0.0527. The zero-order valence-electron chi connectivity index (χ0n) is 15.5. The minimum Gasteiger partial charge on any atom is -0.497 e. The first-order valence-electron chi connectivity index (χ1n) is 8.66. The number of benzene rings is 1. The largest absolute Gasteiger partial charge is 0.497 e. The van der Waals surface area contributed by atoms with Crippen LogP contribution in [0.1, 0.15) is 24.2 Å². The third-order valence-corrected chi connectivity index (χ3v) is 3.86. The maximum atomic E-state index is 12.4. The minimum atomic E-state index is -0.454. The topological polar surface area (TPSA) is 82.6 Å². The molecule has 0 radical (unpaired) electrons. The normalized spacial score (nSPS) is 10.5. The maximum absolute atomic E-state index is 12.4. The Labute approximate surface area is 157 Å². The molecule has 0 aliphatic carbocycles. The molecule has 7 heteroatoms. The average molecular weight is 367 g/mol. The Bertz CT molecular complexity index is 942. The number of nitrogens with zero attached hydrogens (tertiary/aromatic N) is 2. The number of hydrogen-bond donors (Lipinski definition) is 1. The summed E-state index contributed by atoms with van der Waals surface area (Å²) in [5.74, 6) is 0.890. The van der Waals surface area contributed by atoms with E-state index in [2.05, 4.69) is 15.3 Å². The van der Waals surface area contributed by atoms with Gasteiger partial charge in [0.25, 0.3) is 0 Å². The van der Waals surface area contributed by atoms with Crippen LogP contribution >= 0.6 is 0 Å². The molecule has 3 rings (SSSR count). The van der Waals surface area contributed by atoms with E-state index in [0.29, 0.717) is 34.6 Å². The molecule has 0 saturated heterocycles. The zero-order chi connectivity index (χ0) is 19.2. The van der Waals surface area contributed by atoms with E-state index in [1.807, 2.05) is 37.3 Å². The van der Waals surface area contributed by atoms with Gasteiger partial charge in [0.05, 0.1) is 32.2 Å². The molecule has 0 spiro atoms. The van der Waals surface area contributed by atoms with Gasteiger partial charge in [-0.25, -0.2) is 14.8 Å². The molecule has 7 nitrogen and oxygen atoms in total. The van der Waals surface area contributed by atoms with Gasteiger partial charge >= 0.3 is 5.97 Å². The van der Waals surface area contributed by atoms with Crippen molar-refractivity contribution in [2.24, 2.45) is 0 Å². The number of ether oxygens (including phenoxy) is 3. The second-order valence-electron chi connectivity index (χ2n) is 5.60. The predicted octanol–water partition coefficient (Wildman–Crippen LogP) is 3.96. The quantitative estimate of drug-likeness (QED) is 0.633. The van der Waals surface area contributed by atoms with Crippen molar-refractivity contribution in [1.82, 2.24) is 9.97 Å². The Morgan fingerprint density at radius 1 is 1.04 bits per heavy atom. The van der Waals surface area contributed by atoms with Gasteiger partial charge in [0, 0.05) is 17.3 Å². The van der Waals surface area contributed by atoms with Gasteiger partial charge < -0.3 is 19.5 Å². The fraction of sp³-hybridized carbons (Fsp3) is 0.250. The molecule has 2 aromatic heterocycles. The average Bonchev–Trinajstić information content (AvgIpc) is 2.69. The minimum absolute atomic E-state index is 0.274. The van der Waals surface area contributed by atoms with Gasteiger partial charge in [-0.15, -0.1) is 0 Å². The summed E-state index contributed by atoms with van der Waals surface area (Å²) in [6.45, 7) is 4.45. The number of nitrogens with one attached hydrogen (secondary N) is 1. The number of esters is 1. The van der Waals surface area contributed by atoms with Crippen LogP contribution in [0.4, 0.5) is 11.4 Å². The molecule has 0 aliphatic rings. The molecule has 0 fully saturated rings. The second kappa shape index (κ2) is 8.35. The van der Waals surface area contributed by atoms with E-state index in [4.69, 9.17) is 14.2 Å². The summed E-state index contributed by atoms with van der Waals surface area (Å²) >= 11 is 0. The number of methoxy groups -OCH3 is 1. The number of carbonyl (C=O) groups excluding carboxylic acids is 1. The zero-order valence-corrected chi connectivity index (χ0v) is 15.5. The van der Waals surface area contributed by atoms with Crippen LogP contribution in [0.2, 0.25) is 0 Å². The molecular weight excluding hydrogens is 346 g/mol. The summed E-state index contributed by atoms with van der Waals surface area (Å²) in [6.07, 6.45) is 3.08. The third-order valence-electron chi connectivity index (χ3n) is 3.86. The summed E-state index contributed by atoms with van der Waals surface area (Å²) in [4.78, 5) is 21.1. The number of aromatic nitrogens is 2. The lowest BCUT2D eigenvalue weighted by atomic mass is 10.1. The van der Waals surface area contributed by atoms with E-state index in [-0.39, 0.29) is 6.61 Å². The SMILES string of the molecule is CCOC(=O)c1cnc2ncc(OCC)cc2c1Nc1ccc(OC)cc1. The predicted molar refractivity (Wildman–Crippen MR) is 103 cm³/mol. The summed E-state index contributed by atoms with van der Waals surface area (Å²) in [7, 11) is 1.61. The van der Waals surface area contributed by atoms with Gasteiger partial charge in [0.1, 0.15) is 17.1 Å². The van der Waals surface area contributed by atoms with E-state index < -0.39 is 5.97 Å². The van der Waals surface area contributed by atoms with Gasteiger partial charge in [-0.05, 0) is 44.2 Å². The van der Waals surface area contributed by atoms with Gasteiger partial charge in [-0.3, -0.25) is 0 Å².